The van der Waals surface area contributed by atoms with Crippen LogP contribution >= 0.6 is 0 Å². The van der Waals surface area contributed by atoms with Crippen LogP contribution in [0, 0.1) is 5.92 Å². The molecule has 120 valence electrons. The minimum atomic E-state index is -5.59. The fourth-order valence-electron chi connectivity index (χ4n) is 2.14. The second kappa shape index (κ2) is 6.73. The Balaban J connectivity index is 3.06. The molecule has 1 atom stereocenters. The van der Waals surface area contributed by atoms with Crippen LogP contribution in [0.5, 0.6) is 0 Å². The van der Waals surface area contributed by atoms with Crippen molar-refractivity contribution in [2.75, 3.05) is 6.54 Å². The third kappa shape index (κ3) is 4.40. The zero-order valence-corrected chi connectivity index (χ0v) is 12.3. The monoisotopic (exact) mass is 309 g/mol. The number of nitrogens with one attached hydrogen (secondary N) is 1. The quantitative estimate of drug-likeness (QED) is 0.749. The predicted molar refractivity (Wildman–Crippen MR) is 72.4 cm³/mol. The standard InChI is InChI=1S/C15H20F5N/c1-4-21-13(14(16,17)15(18,19)20)12-7-5-11(6-8-12)9-10(2)3/h5-8,10,13,21H,4,9H2,1-3H3. The first-order chi connectivity index (χ1) is 9.59. The van der Waals surface area contributed by atoms with Gasteiger partial charge >= 0.3 is 12.1 Å². The highest BCUT2D eigenvalue weighted by atomic mass is 19.4. The lowest BCUT2D eigenvalue weighted by molar-refractivity contribution is -0.294. The van der Waals surface area contributed by atoms with Crippen LogP contribution in [-0.4, -0.2) is 18.6 Å². The highest BCUT2D eigenvalue weighted by Crippen LogP contribution is 2.44. The number of benzene rings is 1. The SMILES string of the molecule is CCNC(c1ccc(CC(C)C)cc1)C(F)(F)C(F)(F)F. The Morgan fingerprint density at radius 3 is 1.90 bits per heavy atom. The topological polar surface area (TPSA) is 12.0 Å². The van der Waals surface area contributed by atoms with Crippen LogP contribution in [0.4, 0.5) is 22.0 Å². The van der Waals surface area contributed by atoms with E-state index in [0.29, 0.717) is 5.92 Å². The maximum absolute atomic E-state index is 13.6. The first-order valence-electron chi connectivity index (χ1n) is 6.86. The normalized spacial score (nSPS) is 14.5. The van der Waals surface area contributed by atoms with Crippen LogP contribution in [0.2, 0.25) is 0 Å². The second-order valence-electron chi connectivity index (χ2n) is 5.45. The highest BCUT2D eigenvalue weighted by molar-refractivity contribution is 5.27. The minimum Gasteiger partial charge on any atom is -0.305 e. The molecule has 0 aliphatic rings. The van der Waals surface area contributed by atoms with Gasteiger partial charge in [0.15, 0.2) is 0 Å². The summed E-state index contributed by atoms with van der Waals surface area (Å²) >= 11 is 0. The number of rotatable bonds is 6. The predicted octanol–water partition coefficient (Wildman–Crippen LogP) is 4.73. The molecular formula is C15H20F5N. The summed E-state index contributed by atoms with van der Waals surface area (Å²) in [7, 11) is 0. The van der Waals surface area contributed by atoms with E-state index < -0.39 is 18.1 Å². The van der Waals surface area contributed by atoms with Gasteiger partial charge in [-0.05, 0) is 30.0 Å². The van der Waals surface area contributed by atoms with Crippen LogP contribution < -0.4 is 5.32 Å². The molecule has 0 spiro atoms. The molecule has 6 heteroatoms. The van der Waals surface area contributed by atoms with Crippen LogP contribution in [0.15, 0.2) is 24.3 Å². The molecule has 0 aromatic heterocycles. The average Bonchev–Trinajstić information content (AvgIpc) is 2.35. The van der Waals surface area contributed by atoms with Gasteiger partial charge in [0.2, 0.25) is 0 Å². The molecule has 0 radical (unpaired) electrons. The maximum atomic E-state index is 13.6. The van der Waals surface area contributed by atoms with Gasteiger partial charge in [-0.25, -0.2) is 0 Å². The number of hydrogen-bond donors (Lipinski definition) is 1. The van der Waals surface area contributed by atoms with Crippen LogP contribution in [0.3, 0.4) is 0 Å². The van der Waals surface area contributed by atoms with Gasteiger partial charge in [0.25, 0.3) is 0 Å². The van der Waals surface area contributed by atoms with Crippen molar-refractivity contribution in [3.63, 3.8) is 0 Å². The lowest BCUT2D eigenvalue weighted by Crippen LogP contribution is -2.48. The van der Waals surface area contributed by atoms with E-state index in [4.69, 9.17) is 0 Å². The minimum absolute atomic E-state index is 0.0179. The Kier molecular flexibility index (Phi) is 5.73. The van der Waals surface area contributed by atoms with Gasteiger partial charge in [-0.1, -0.05) is 45.0 Å². The fourth-order valence-corrected chi connectivity index (χ4v) is 2.14. The van der Waals surface area contributed by atoms with Gasteiger partial charge in [-0.3, -0.25) is 0 Å². The molecule has 0 aliphatic carbocycles. The highest BCUT2D eigenvalue weighted by Gasteiger charge is 2.62. The van der Waals surface area contributed by atoms with E-state index in [0.717, 1.165) is 12.0 Å². The number of hydrogen-bond acceptors (Lipinski definition) is 1. The molecule has 0 saturated heterocycles. The van der Waals surface area contributed by atoms with Gasteiger partial charge in [0.05, 0.1) is 0 Å². The van der Waals surface area contributed by atoms with Crippen LogP contribution in [0.25, 0.3) is 0 Å². The van der Waals surface area contributed by atoms with Crippen molar-refractivity contribution in [3.8, 4) is 0 Å². The number of halogens is 5. The molecule has 21 heavy (non-hydrogen) atoms. The molecule has 0 amide bonds. The Morgan fingerprint density at radius 1 is 1.00 bits per heavy atom. The van der Waals surface area contributed by atoms with Gasteiger partial charge in [0, 0.05) is 0 Å². The molecule has 1 aromatic carbocycles. The van der Waals surface area contributed by atoms with Crippen molar-refractivity contribution in [1.29, 1.82) is 0 Å². The van der Waals surface area contributed by atoms with Gasteiger partial charge < -0.3 is 5.32 Å². The smallest absolute Gasteiger partial charge is 0.305 e. The van der Waals surface area contributed by atoms with E-state index in [1.165, 1.54) is 19.1 Å². The first-order valence-corrected chi connectivity index (χ1v) is 6.86. The van der Waals surface area contributed by atoms with E-state index in [1.54, 1.807) is 12.1 Å². The first kappa shape index (κ1) is 17.9. The third-order valence-corrected chi connectivity index (χ3v) is 3.11. The molecular weight excluding hydrogens is 289 g/mol. The third-order valence-electron chi connectivity index (χ3n) is 3.11. The summed E-state index contributed by atoms with van der Waals surface area (Å²) < 4.78 is 64.8. The van der Waals surface area contributed by atoms with Crippen molar-refractivity contribution >= 4 is 0 Å². The summed E-state index contributed by atoms with van der Waals surface area (Å²) in [6.07, 6.45) is -4.84. The van der Waals surface area contributed by atoms with E-state index in [9.17, 15) is 22.0 Å². The van der Waals surface area contributed by atoms with Crippen molar-refractivity contribution in [1.82, 2.24) is 5.32 Å². The van der Waals surface area contributed by atoms with E-state index >= 15 is 0 Å². The van der Waals surface area contributed by atoms with Crippen molar-refractivity contribution in [3.05, 3.63) is 35.4 Å². The molecule has 1 unspecified atom stereocenters. The van der Waals surface area contributed by atoms with Gasteiger partial charge in [-0.15, -0.1) is 0 Å². The molecule has 0 fully saturated rings. The Hall–Kier alpha value is -1.17. The average molecular weight is 309 g/mol. The lowest BCUT2D eigenvalue weighted by Gasteiger charge is -2.29. The Morgan fingerprint density at radius 2 is 1.52 bits per heavy atom. The van der Waals surface area contributed by atoms with Crippen molar-refractivity contribution < 1.29 is 22.0 Å². The van der Waals surface area contributed by atoms with E-state index in [1.807, 2.05) is 13.8 Å². The Labute approximate surface area is 121 Å². The van der Waals surface area contributed by atoms with Crippen molar-refractivity contribution in [2.24, 2.45) is 5.92 Å². The van der Waals surface area contributed by atoms with Crippen molar-refractivity contribution in [2.45, 2.75) is 45.3 Å². The number of alkyl halides is 5. The summed E-state index contributed by atoms with van der Waals surface area (Å²) in [5.74, 6) is -4.43. The summed E-state index contributed by atoms with van der Waals surface area (Å²) in [6.45, 7) is 5.52. The molecule has 1 aromatic rings. The largest absolute Gasteiger partial charge is 0.455 e. The Bertz CT molecular complexity index is 436. The summed E-state index contributed by atoms with van der Waals surface area (Å²) in [4.78, 5) is 0. The van der Waals surface area contributed by atoms with E-state index in [2.05, 4.69) is 5.32 Å². The summed E-state index contributed by atoms with van der Waals surface area (Å²) in [5, 5.41) is 2.24. The second-order valence-corrected chi connectivity index (χ2v) is 5.45. The molecule has 0 heterocycles. The fraction of sp³-hybridized carbons (Fsp3) is 0.600. The summed E-state index contributed by atoms with van der Waals surface area (Å²) in [6, 6.07) is 3.81. The van der Waals surface area contributed by atoms with Crippen LogP contribution in [-0.2, 0) is 6.42 Å². The van der Waals surface area contributed by atoms with Gasteiger partial charge in [-0.2, -0.15) is 22.0 Å². The van der Waals surface area contributed by atoms with E-state index in [-0.39, 0.29) is 12.1 Å². The lowest BCUT2D eigenvalue weighted by atomic mass is 9.96. The molecule has 0 saturated carbocycles. The molecule has 1 N–H and O–H groups in total. The zero-order chi connectivity index (χ0) is 16.3. The molecule has 1 nitrogen and oxygen atoms in total. The van der Waals surface area contributed by atoms with Gasteiger partial charge in [0.1, 0.15) is 6.04 Å². The maximum Gasteiger partial charge on any atom is 0.455 e. The summed E-state index contributed by atoms with van der Waals surface area (Å²) in [5.41, 5.74) is 0.853. The zero-order valence-electron chi connectivity index (χ0n) is 12.3. The van der Waals surface area contributed by atoms with Crippen LogP contribution in [0.1, 0.15) is 37.9 Å². The molecule has 1 rings (SSSR count). The molecule has 0 aliphatic heterocycles. The molecule has 0 bridgehead atoms.